The van der Waals surface area contributed by atoms with E-state index in [1.54, 1.807) is 49.9 Å². The molecule has 0 radical (unpaired) electrons. The van der Waals surface area contributed by atoms with Crippen LogP contribution in [0.25, 0.3) is 0 Å². The van der Waals surface area contributed by atoms with E-state index in [1.807, 2.05) is 7.05 Å². The topological polar surface area (TPSA) is 100 Å². The Morgan fingerprint density at radius 3 is 2.69 bits per heavy atom. The van der Waals surface area contributed by atoms with Gasteiger partial charge in [-0.15, -0.1) is 0 Å². The van der Waals surface area contributed by atoms with E-state index in [9.17, 15) is 14.4 Å². The van der Waals surface area contributed by atoms with E-state index in [-0.39, 0.29) is 17.9 Å². The van der Waals surface area contributed by atoms with Gasteiger partial charge in [0, 0.05) is 44.0 Å². The minimum atomic E-state index is -0.586. The molecule has 2 fully saturated rings. The lowest BCUT2D eigenvalue weighted by atomic mass is 10.1. The number of ether oxygens (including phenoxy) is 2. The van der Waals surface area contributed by atoms with Gasteiger partial charge in [-0.3, -0.25) is 9.59 Å². The summed E-state index contributed by atoms with van der Waals surface area (Å²) in [4.78, 5) is 41.6. The third kappa shape index (κ3) is 6.67. The quantitative estimate of drug-likeness (QED) is 0.718. The molecule has 0 aliphatic carbocycles. The second kappa shape index (κ2) is 10.3. The molecule has 2 unspecified atom stereocenters. The number of carbonyl (C=O) groups excluding carboxylic acids is 3. The Bertz CT molecular complexity index is 832. The lowest BCUT2D eigenvalue weighted by molar-refractivity contribution is -0.124. The van der Waals surface area contributed by atoms with Crippen molar-refractivity contribution in [1.29, 1.82) is 0 Å². The van der Waals surface area contributed by atoms with Crippen molar-refractivity contribution in [2.45, 2.75) is 51.4 Å². The van der Waals surface area contributed by atoms with E-state index in [0.29, 0.717) is 43.9 Å². The highest BCUT2D eigenvalue weighted by Gasteiger charge is 2.31. The molecule has 2 saturated heterocycles. The summed E-state index contributed by atoms with van der Waals surface area (Å²) in [6.45, 7) is 8.23. The van der Waals surface area contributed by atoms with E-state index < -0.39 is 17.8 Å². The average molecular weight is 447 g/mol. The van der Waals surface area contributed by atoms with Crippen LogP contribution < -0.4 is 10.6 Å². The lowest BCUT2D eigenvalue weighted by Gasteiger charge is -2.40. The molecular weight excluding hydrogens is 412 g/mol. The van der Waals surface area contributed by atoms with Gasteiger partial charge >= 0.3 is 6.09 Å². The maximum atomic E-state index is 13.3. The molecule has 2 aliphatic rings. The standard InChI is InChI=1S/C23H34N4O5/c1-23(2,3)32-22(30)24-14-18-15-26(4)10-11-27(18)21(29)16-7-5-8-17(13-16)25-20(28)19-9-6-12-31-19/h5,7-8,13,18-19H,6,9-12,14-15H2,1-4H3,(H,24,30)(H,25,28). The first-order valence-corrected chi connectivity index (χ1v) is 11.1. The highest BCUT2D eigenvalue weighted by Crippen LogP contribution is 2.19. The van der Waals surface area contributed by atoms with Crippen LogP contribution in [0.5, 0.6) is 0 Å². The zero-order valence-corrected chi connectivity index (χ0v) is 19.3. The van der Waals surface area contributed by atoms with Crippen LogP contribution in [0.4, 0.5) is 10.5 Å². The minimum Gasteiger partial charge on any atom is -0.444 e. The molecule has 1 aromatic rings. The van der Waals surface area contributed by atoms with Crippen molar-refractivity contribution in [2.24, 2.45) is 0 Å². The molecule has 2 N–H and O–H groups in total. The van der Waals surface area contributed by atoms with Gasteiger partial charge in [0.15, 0.2) is 0 Å². The van der Waals surface area contributed by atoms with E-state index in [4.69, 9.17) is 9.47 Å². The first kappa shape index (κ1) is 24.0. The number of amides is 3. The van der Waals surface area contributed by atoms with Crippen molar-refractivity contribution in [1.82, 2.24) is 15.1 Å². The van der Waals surface area contributed by atoms with Crippen LogP contribution in [-0.4, -0.2) is 85.3 Å². The Morgan fingerprint density at radius 2 is 2.00 bits per heavy atom. The zero-order valence-electron chi connectivity index (χ0n) is 19.3. The van der Waals surface area contributed by atoms with Crippen molar-refractivity contribution >= 4 is 23.6 Å². The number of likely N-dealkylation sites (N-methyl/N-ethyl adjacent to an activating group) is 1. The van der Waals surface area contributed by atoms with Gasteiger partial charge < -0.3 is 29.9 Å². The Morgan fingerprint density at radius 1 is 1.22 bits per heavy atom. The molecule has 3 amide bonds. The van der Waals surface area contributed by atoms with Gasteiger partial charge in [0.05, 0.1) is 6.04 Å². The van der Waals surface area contributed by atoms with Crippen molar-refractivity contribution in [3.63, 3.8) is 0 Å². The smallest absolute Gasteiger partial charge is 0.407 e. The molecule has 9 heteroatoms. The maximum Gasteiger partial charge on any atom is 0.407 e. The molecule has 2 aliphatic heterocycles. The van der Waals surface area contributed by atoms with Crippen LogP contribution in [0, 0.1) is 0 Å². The van der Waals surface area contributed by atoms with E-state index >= 15 is 0 Å². The lowest BCUT2D eigenvalue weighted by Crippen LogP contribution is -2.58. The number of nitrogens with one attached hydrogen (secondary N) is 2. The molecular formula is C23H34N4O5. The van der Waals surface area contributed by atoms with Crippen LogP contribution in [-0.2, 0) is 14.3 Å². The van der Waals surface area contributed by atoms with E-state index in [0.717, 1.165) is 13.0 Å². The fourth-order valence-electron chi connectivity index (χ4n) is 3.87. The maximum absolute atomic E-state index is 13.3. The second-order valence-corrected chi connectivity index (χ2v) is 9.37. The van der Waals surface area contributed by atoms with Crippen LogP contribution in [0.3, 0.4) is 0 Å². The summed E-state index contributed by atoms with van der Waals surface area (Å²) in [5.74, 6) is -0.326. The average Bonchev–Trinajstić information content (AvgIpc) is 3.26. The monoisotopic (exact) mass is 446 g/mol. The summed E-state index contributed by atoms with van der Waals surface area (Å²) in [5, 5.41) is 5.63. The Kier molecular flexibility index (Phi) is 7.73. The molecule has 0 bridgehead atoms. The van der Waals surface area contributed by atoms with Crippen molar-refractivity contribution < 1.29 is 23.9 Å². The van der Waals surface area contributed by atoms with Crippen molar-refractivity contribution in [2.75, 3.05) is 45.2 Å². The molecule has 1 aromatic carbocycles. The molecule has 3 rings (SSSR count). The normalized spacial score (nSPS) is 21.8. The molecule has 0 spiro atoms. The van der Waals surface area contributed by atoms with Crippen LogP contribution in [0.2, 0.25) is 0 Å². The van der Waals surface area contributed by atoms with Gasteiger partial charge in [0.25, 0.3) is 11.8 Å². The summed E-state index contributed by atoms with van der Waals surface area (Å²) >= 11 is 0. The van der Waals surface area contributed by atoms with Crippen LogP contribution in [0.1, 0.15) is 44.0 Å². The number of alkyl carbamates (subject to hydrolysis) is 1. The molecule has 0 saturated carbocycles. The molecule has 2 atom stereocenters. The van der Waals surface area contributed by atoms with Gasteiger partial charge in [0.1, 0.15) is 11.7 Å². The van der Waals surface area contributed by atoms with Gasteiger partial charge in [-0.1, -0.05) is 6.07 Å². The Hall–Kier alpha value is -2.65. The summed E-state index contributed by atoms with van der Waals surface area (Å²) in [6, 6.07) is 6.74. The van der Waals surface area contributed by atoms with Crippen LogP contribution in [0.15, 0.2) is 24.3 Å². The summed E-state index contributed by atoms with van der Waals surface area (Å²) in [7, 11) is 1.99. The zero-order chi connectivity index (χ0) is 23.3. The van der Waals surface area contributed by atoms with E-state index in [2.05, 4.69) is 15.5 Å². The first-order valence-electron chi connectivity index (χ1n) is 11.1. The van der Waals surface area contributed by atoms with Crippen molar-refractivity contribution in [3.05, 3.63) is 29.8 Å². The van der Waals surface area contributed by atoms with E-state index in [1.165, 1.54) is 0 Å². The van der Waals surface area contributed by atoms with Crippen molar-refractivity contribution in [3.8, 4) is 0 Å². The number of carbonyl (C=O) groups is 3. The number of anilines is 1. The number of hydrogen-bond acceptors (Lipinski definition) is 6. The fraction of sp³-hybridized carbons (Fsp3) is 0.609. The largest absolute Gasteiger partial charge is 0.444 e. The first-order chi connectivity index (χ1) is 15.1. The number of hydrogen-bond donors (Lipinski definition) is 2. The van der Waals surface area contributed by atoms with Gasteiger partial charge in [-0.05, 0) is 58.9 Å². The number of rotatable bonds is 5. The predicted octanol–water partition coefficient (Wildman–Crippen LogP) is 2.08. The molecule has 176 valence electrons. The SMILES string of the molecule is CN1CCN(C(=O)c2cccc(NC(=O)C3CCCO3)c2)C(CNC(=O)OC(C)(C)C)C1. The highest BCUT2D eigenvalue weighted by molar-refractivity contribution is 5.98. The summed E-state index contributed by atoms with van der Waals surface area (Å²) in [6.07, 6.45) is 0.642. The van der Waals surface area contributed by atoms with Gasteiger partial charge in [-0.2, -0.15) is 0 Å². The Labute approximate surface area is 189 Å². The minimum absolute atomic E-state index is 0.137. The molecule has 9 nitrogen and oxygen atoms in total. The highest BCUT2D eigenvalue weighted by atomic mass is 16.6. The number of nitrogens with zero attached hydrogens (tertiary/aromatic N) is 2. The third-order valence-corrected chi connectivity index (χ3v) is 5.43. The number of benzene rings is 1. The van der Waals surface area contributed by atoms with Gasteiger partial charge in [0.2, 0.25) is 0 Å². The molecule has 0 aromatic heterocycles. The Balaban J connectivity index is 1.65. The molecule has 32 heavy (non-hydrogen) atoms. The third-order valence-electron chi connectivity index (χ3n) is 5.43. The van der Waals surface area contributed by atoms with Gasteiger partial charge in [-0.25, -0.2) is 4.79 Å². The second-order valence-electron chi connectivity index (χ2n) is 9.37. The molecule has 2 heterocycles. The predicted molar refractivity (Wildman–Crippen MR) is 121 cm³/mol. The summed E-state index contributed by atoms with van der Waals surface area (Å²) in [5.41, 5.74) is 0.466. The number of piperazine rings is 1. The summed E-state index contributed by atoms with van der Waals surface area (Å²) < 4.78 is 10.7. The fourth-order valence-corrected chi connectivity index (χ4v) is 3.87. The van der Waals surface area contributed by atoms with Crippen LogP contribution >= 0.6 is 0 Å².